The van der Waals surface area contributed by atoms with Crippen molar-refractivity contribution >= 4 is 39.3 Å². The summed E-state index contributed by atoms with van der Waals surface area (Å²) in [6.07, 6.45) is 9.94. The molecule has 1 heterocycles. The average molecular weight is 847 g/mol. The van der Waals surface area contributed by atoms with Gasteiger partial charge in [0.25, 0.3) is 0 Å². The number of rotatable bonds is 28. The van der Waals surface area contributed by atoms with Crippen LogP contribution in [0.4, 0.5) is 5.69 Å². The molecule has 14 nitrogen and oxygen atoms in total. The summed E-state index contributed by atoms with van der Waals surface area (Å²) >= 11 is 0. The molecule has 0 aromatic heterocycles. The first kappa shape index (κ1) is 46.8. The van der Waals surface area contributed by atoms with Gasteiger partial charge in [-0.3, -0.25) is 22.9 Å². The third-order valence-corrected chi connectivity index (χ3v) is 12.0. The monoisotopic (exact) mass is 846 g/mol. The maximum absolute atomic E-state index is 14.3. The van der Waals surface area contributed by atoms with E-state index in [1.807, 2.05) is 58.0 Å². The van der Waals surface area contributed by atoms with Crippen LogP contribution in [0.15, 0.2) is 54.6 Å². The zero-order chi connectivity index (χ0) is 41.8. The summed E-state index contributed by atoms with van der Waals surface area (Å²) in [7, 11) is -4.75. The number of benzene rings is 3. The van der Waals surface area contributed by atoms with Crippen molar-refractivity contribution in [1.82, 2.24) is 5.09 Å². The van der Waals surface area contributed by atoms with Gasteiger partial charge in [0.05, 0.1) is 46.3 Å². The summed E-state index contributed by atoms with van der Waals surface area (Å²) in [6, 6.07) is 14.7. The van der Waals surface area contributed by atoms with Crippen LogP contribution in [0, 0.1) is 0 Å². The van der Waals surface area contributed by atoms with Gasteiger partial charge in [-0.25, -0.2) is 14.2 Å². The molecule has 16 heteroatoms. The molecule has 1 atom stereocenters. The van der Waals surface area contributed by atoms with Gasteiger partial charge in [0.2, 0.25) is 18.4 Å². The number of methoxy groups -OCH3 is 2. The first-order chi connectivity index (χ1) is 28.1. The summed E-state index contributed by atoms with van der Waals surface area (Å²) in [5.41, 5.74) is 2.66. The molecular weight excluding hydrogens is 786 g/mol. The fourth-order valence-corrected chi connectivity index (χ4v) is 8.34. The number of hydrogen-bond donors (Lipinski definition) is 2. The summed E-state index contributed by atoms with van der Waals surface area (Å²) in [6.45, 7) is 8.98. The van der Waals surface area contributed by atoms with E-state index in [4.69, 9.17) is 41.6 Å². The molecule has 0 unspecified atom stereocenters. The molecule has 1 aliphatic heterocycles. The molecular formula is C42H60N2O12P2. The van der Waals surface area contributed by atoms with Crippen molar-refractivity contribution in [2.75, 3.05) is 52.8 Å². The number of unbranched alkanes of at least 4 members (excludes halogenated alkanes) is 4. The molecule has 0 bridgehead atoms. The third-order valence-electron chi connectivity index (χ3n) is 8.85. The van der Waals surface area contributed by atoms with E-state index in [1.165, 1.54) is 7.11 Å². The lowest BCUT2D eigenvalue weighted by Crippen LogP contribution is -2.41. The van der Waals surface area contributed by atoms with E-state index in [1.54, 1.807) is 43.5 Å². The Morgan fingerprint density at radius 1 is 0.724 bits per heavy atom. The molecule has 58 heavy (non-hydrogen) atoms. The van der Waals surface area contributed by atoms with Crippen LogP contribution >= 0.6 is 15.6 Å². The van der Waals surface area contributed by atoms with E-state index in [-0.39, 0.29) is 45.4 Å². The van der Waals surface area contributed by atoms with E-state index in [2.05, 4.69) is 10.4 Å². The van der Waals surface area contributed by atoms with Crippen molar-refractivity contribution in [2.45, 2.75) is 91.5 Å². The van der Waals surface area contributed by atoms with Crippen LogP contribution in [0.5, 0.6) is 28.7 Å². The Labute approximate surface area is 343 Å². The number of phosphoric ester groups is 1. The number of phosphoric acid groups is 1. The minimum atomic E-state index is -3.96. The van der Waals surface area contributed by atoms with Crippen LogP contribution in [0.2, 0.25) is 0 Å². The molecule has 0 saturated carbocycles. The van der Waals surface area contributed by atoms with E-state index < -0.39 is 27.5 Å². The van der Waals surface area contributed by atoms with Gasteiger partial charge in [-0.05, 0) is 85.2 Å². The van der Waals surface area contributed by atoms with Crippen molar-refractivity contribution in [3.8, 4) is 28.7 Å². The SMILES string of the molecule is CCCCOP(=O)(N[C@@H](Cc1ccc(OP(=O)(OCCCC)OCCCC)cc1)C(=O)Nc1cc(/C=C\c2cc(OC)c3c(c2)OCO3)ccc1OC)OCCCC. The lowest BCUT2D eigenvalue weighted by molar-refractivity contribution is -0.117. The predicted octanol–water partition coefficient (Wildman–Crippen LogP) is 10.6. The van der Waals surface area contributed by atoms with E-state index in [0.29, 0.717) is 59.9 Å². The molecule has 0 spiro atoms. The summed E-state index contributed by atoms with van der Waals surface area (Å²) in [4.78, 5) is 14.3. The van der Waals surface area contributed by atoms with Gasteiger partial charge in [0, 0.05) is 0 Å². The number of amides is 1. The Bertz CT molecular complexity index is 1830. The highest BCUT2D eigenvalue weighted by Crippen LogP contribution is 2.50. The lowest BCUT2D eigenvalue weighted by atomic mass is 10.1. The van der Waals surface area contributed by atoms with Crippen LogP contribution in [0.1, 0.15) is 95.8 Å². The van der Waals surface area contributed by atoms with E-state index in [0.717, 1.165) is 36.8 Å². The molecule has 1 aliphatic rings. The molecule has 3 aromatic rings. The molecule has 0 aliphatic carbocycles. The number of ether oxygens (including phenoxy) is 4. The Kier molecular flexibility index (Phi) is 19.6. The van der Waals surface area contributed by atoms with Crippen LogP contribution in [0.3, 0.4) is 0 Å². The molecule has 0 fully saturated rings. The number of carbonyl (C=O) groups is 1. The van der Waals surface area contributed by atoms with Crippen molar-refractivity contribution in [3.63, 3.8) is 0 Å². The highest BCUT2D eigenvalue weighted by atomic mass is 31.2. The average Bonchev–Trinajstić information content (AvgIpc) is 3.70. The Hall–Kier alpha value is -3.87. The first-order valence-corrected chi connectivity index (χ1v) is 23.1. The van der Waals surface area contributed by atoms with Gasteiger partial charge >= 0.3 is 15.6 Å². The summed E-state index contributed by atoms with van der Waals surface area (Å²) < 4.78 is 78.5. The molecule has 4 rings (SSSR count). The van der Waals surface area contributed by atoms with Crippen LogP contribution < -0.4 is 33.9 Å². The quantitative estimate of drug-likeness (QED) is 0.0404. The number of anilines is 1. The van der Waals surface area contributed by atoms with Gasteiger partial charge in [0.15, 0.2) is 11.5 Å². The van der Waals surface area contributed by atoms with Gasteiger partial charge in [-0.15, -0.1) is 0 Å². The lowest BCUT2D eigenvalue weighted by Gasteiger charge is -2.25. The minimum Gasteiger partial charge on any atom is -0.495 e. The molecule has 320 valence electrons. The summed E-state index contributed by atoms with van der Waals surface area (Å²) in [5.74, 6) is 1.90. The zero-order valence-corrected chi connectivity index (χ0v) is 36.4. The molecule has 2 N–H and O–H groups in total. The second-order valence-electron chi connectivity index (χ2n) is 13.6. The fourth-order valence-electron chi connectivity index (χ4n) is 5.53. The second-order valence-corrected chi connectivity index (χ2v) is 16.9. The van der Waals surface area contributed by atoms with Gasteiger partial charge in [0.1, 0.15) is 17.5 Å². The van der Waals surface area contributed by atoms with Crippen molar-refractivity contribution in [3.05, 3.63) is 71.3 Å². The highest BCUT2D eigenvalue weighted by molar-refractivity contribution is 7.51. The molecule has 1 amide bonds. The Morgan fingerprint density at radius 2 is 1.31 bits per heavy atom. The fraction of sp³-hybridized carbons (Fsp3) is 0.500. The predicted molar refractivity (Wildman–Crippen MR) is 226 cm³/mol. The normalized spacial score (nSPS) is 13.1. The van der Waals surface area contributed by atoms with Crippen molar-refractivity contribution < 1.29 is 55.5 Å². The van der Waals surface area contributed by atoms with Crippen LogP contribution in [0.25, 0.3) is 12.2 Å². The smallest absolute Gasteiger partial charge is 0.495 e. The number of nitrogens with one attached hydrogen (secondary N) is 2. The largest absolute Gasteiger partial charge is 0.530 e. The molecule has 3 aromatic carbocycles. The number of fused-ring (bicyclic) bond motifs is 1. The third kappa shape index (κ3) is 14.7. The van der Waals surface area contributed by atoms with Crippen molar-refractivity contribution in [2.24, 2.45) is 0 Å². The van der Waals surface area contributed by atoms with Crippen molar-refractivity contribution in [1.29, 1.82) is 0 Å². The van der Waals surface area contributed by atoms with E-state index in [9.17, 15) is 13.9 Å². The zero-order valence-electron chi connectivity index (χ0n) is 34.6. The maximum atomic E-state index is 14.3. The topological polar surface area (TPSA) is 158 Å². The summed E-state index contributed by atoms with van der Waals surface area (Å²) in [5, 5.41) is 5.93. The minimum absolute atomic E-state index is 0.0793. The number of hydrogen-bond acceptors (Lipinski definition) is 12. The molecule has 0 radical (unpaired) electrons. The van der Waals surface area contributed by atoms with Crippen LogP contribution in [-0.4, -0.2) is 59.4 Å². The second kappa shape index (κ2) is 24.3. The van der Waals surface area contributed by atoms with Gasteiger partial charge in [-0.1, -0.05) is 83.7 Å². The first-order valence-electron chi connectivity index (χ1n) is 20.1. The van der Waals surface area contributed by atoms with Gasteiger partial charge < -0.3 is 28.8 Å². The van der Waals surface area contributed by atoms with E-state index >= 15 is 0 Å². The number of carbonyl (C=O) groups excluding carboxylic acids is 1. The maximum Gasteiger partial charge on any atom is 0.530 e. The Morgan fingerprint density at radius 3 is 1.90 bits per heavy atom. The molecule has 0 saturated heterocycles. The Balaban J connectivity index is 1.60. The van der Waals surface area contributed by atoms with Gasteiger partial charge in [-0.2, -0.15) is 0 Å². The highest BCUT2D eigenvalue weighted by Gasteiger charge is 2.33. The van der Waals surface area contributed by atoms with Crippen LogP contribution in [-0.2, 0) is 38.4 Å². The standard InChI is InChI=1S/C42H60N2O12P2/c1-7-11-23-52-57(46,53-24-12-8-2)44-37(28-33-17-20-35(21-18-33)56-58(47,54-25-13-9-3)55-26-14-10-4)42(45)43-36-27-32(19-22-38(36)48-5)15-16-34-29-39(49-6)41-40(30-34)50-31-51-41/h15-22,27,29-30,37H,7-14,23-26,28,31H2,1-6H3,(H,43,45)(H,44,46)/b16-15-/t37-/m0/s1.